The Hall–Kier alpha value is -0.400. The van der Waals surface area contributed by atoms with Gasteiger partial charge in [-0.05, 0) is 49.3 Å². The van der Waals surface area contributed by atoms with E-state index in [0.29, 0.717) is 17.2 Å². The highest BCUT2D eigenvalue weighted by Gasteiger charge is 2.24. The molecule has 0 bridgehead atoms. The van der Waals surface area contributed by atoms with Crippen molar-refractivity contribution < 1.29 is 0 Å². The maximum atomic E-state index is 6.20. The van der Waals surface area contributed by atoms with Gasteiger partial charge in [-0.15, -0.1) is 0 Å². The van der Waals surface area contributed by atoms with E-state index in [1.807, 2.05) is 0 Å². The van der Waals surface area contributed by atoms with Crippen molar-refractivity contribution in [2.75, 3.05) is 13.1 Å². The lowest BCUT2D eigenvalue weighted by Gasteiger charge is -2.35. The van der Waals surface area contributed by atoms with E-state index in [1.165, 1.54) is 12.8 Å². The van der Waals surface area contributed by atoms with Gasteiger partial charge in [0.15, 0.2) is 0 Å². The van der Waals surface area contributed by atoms with Crippen LogP contribution in [-0.4, -0.2) is 38.6 Å². The number of fused-ring (bicyclic) bond motifs is 1. The van der Waals surface area contributed by atoms with E-state index in [0.717, 1.165) is 27.7 Å². The van der Waals surface area contributed by atoms with Crippen LogP contribution in [0.5, 0.6) is 0 Å². The first-order valence-corrected chi connectivity index (χ1v) is 8.44. The minimum absolute atomic E-state index is 0.516. The van der Waals surface area contributed by atoms with Crippen LogP contribution in [0.15, 0.2) is 12.5 Å². The third-order valence-corrected chi connectivity index (χ3v) is 5.24. The summed E-state index contributed by atoms with van der Waals surface area (Å²) in [6.45, 7) is 6.83. The van der Waals surface area contributed by atoms with Gasteiger partial charge in [-0.1, -0.05) is 11.6 Å². The molecule has 0 atom stereocenters. The van der Waals surface area contributed by atoms with Crippen molar-refractivity contribution in [2.24, 2.45) is 0 Å². The number of piperidine rings is 1. The van der Waals surface area contributed by atoms with Crippen molar-refractivity contribution >= 4 is 45.2 Å². The first kappa shape index (κ1) is 14.5. The van der Waals surface area contributed by atoms with Gasteiger partial charge in [-0.3, -0.25) is 0 Å². The molecule has 3 heterocycles. The topological polar surface area (TPSA) is 34.0 Å². The molecule has 0 saturated carbocycles. The molecular weight excluding hydrogens is 387 g/mol. The summed E-state index contributed by atoms with van der Waals surface area (Å²) in [6.07, 6.45) is 6.06. The SMILES string of the molecule is CC(C)N1CCC(n2cc(I)c3c(Cl)ncnc32)CC1. The van der Waals surface area contributed by atoms with Crippen molar-refractivity contribution in [1.29, 1.82) is 0 Å². The minimum Gasteiger partial charge on any atom is -0.328 e. The molecule has 20 heavy (non-hydrogen) atoms. The summed E-state index contributed by atoms with van der Waals surface area (Å²) in [5.41, 5.74) is 0.970. The molecule has 0 N–H and O–H groups in total. The van der Waals surface area contributed by atoms with Crippen LogP contribution >= 0.6 is 34.2 Å². The highest BCUT2D eigenvalue weighted by Crippen LogP contribution is 2.32. The summed E-state index contributed by atoms with van der Waals surface area (Å²) >= 11 is 8.52. The zero-order valence-electron chi connectivity index (χ0n) is 11.7. The molecular formula is C14H18ClIN4. The van der Waals surface area contributed by atoms with Gasteiger partial charge in [0.2, 0.25) is 0 Å². The van der Waals surface area contributed by atoms with Crippen molar-refractivity contribution in [3.8, 4) is 0 Å². The summed E-state index contributed by atoms with van der Waals surface area (Å²) in [5, 5.41) is 1.54. The summed E-state index contributed by atoms with van der Waals surface area (Å²) in [6, 6.07) is 1.15. The molecule has 0 amide bonds. The fourth-order valence-electron chi connectivity index (χ4n) is 2.96. The lowest BCUT2D eigenvalue weighted by Crippen LogP contribution is -2.38. The zero-order chi connectivity index (χ0) is 14.3. The maximum absolute atomic E-state index is 6.20. The van der Waals surface area contributed by atoms with Crippen molar-refractivity contribution in [3.63, 3.8) is 0 Å². The Balaban J connectivity index is 1.91. The Kier molecular flexibility index (Phi) is 4.19. The largest absolute Gasteiger partial charge is 0.328 e. The molecule has 0 aromatic carbocycles. The molecule has 2 aromatic rings. The molecule has 1 saturated heterocycles. The molecule has 0 spiro atoms. The van der Waals surface area contributed by atoms with Gasteiger partial charge in [0.25, 0.3) is 0 Å². The van der Waals surface area contributed by atoms with Crippen LogP contribution in [0, 0.1) is 3.57 Å². The van der Waals surface area contributed by atoms with Crippen molar-refractivity contribution in [3.05, 3.63) is 21.2 Å². The van der Waals surface area contributed by atoms with Crippen LogP contribution in [0.3, 0.4) is 0 Å². The van der Waals surface area contributed by atoms with Crippen LogP contribution in [0.4, 0.5) is 0 Å². The smallest absolute Gasteiger partial charge is 0.146 e. The third kappa shape index (κ3) is 2.55. The standard InChI is InChI=1S/C14H18ClIN4/c1-9(2)19-5-3-10(4-6-19)20-7-11(16)12-13(15)17-8-18-14(12)20/h7-10H,3-6H2,1-2H3. The number of halogens is 2. The number of nitrogens with zero attached hydrogens (tertiary/aromatic N) is 4. The zero-order valence-corrected chi connectivity index (χ0v) is 14.6. The maximum Gasteiger partial charge on any atom is 0.146 e. The molecule has 108 valence electrons. The average molecular weight is 405 g/mol. The van der Waals surface area contributed by atoms with Gasteiger partial charge in [0, 0.05) is 34.9 Å². The molecule has 0 aliphatic carbocycles. The molecule has 1 aliphatic rings. The number of likely N-dealkylation sites (tertiary alicyclic amines) is 1. The third-order valence-electron chi connectivity index (χ3n) is 4.14. The van der Waals surface area contributed by atoms with Gasteiger partial charge in [0.05, 0.1) is 5.39 Å². The Morgan fingerprint density at radius 2 is 2.00 bits per heavy atom. The fourth-order valence-corrected chi connectivity index (χ4v) is 4.15. The summed E-state index contributed by atoms with van der Waals surface area (Å²) in [5.74, 6) is 0. The summed E-state index contributed by atoms with van der Waals surface area (Å²) in [4.78, 5) is 11.1. The monoisotopic (exact) mass is 404 g/mol. The van der Waals surface area contributed by atoms with Gasteiger partial charge < -0.3 is 9.47 Å². The first-order chi connectivity index (χ1) is 9.58. The lowest BCUT2D eigenvalue weighted by atomic mass is 10.0. The Bertz CT molecular complexity index is 617. The number of hydrogen-bond acceptors (Lipinski definition) is 3. The van der Waals surface area contributed by atoms with E-state index in [4.69, 9.17) is 11.6 Å². The molecule has 0 unspecified atom stereocenters. The Morgan fingerprint density at radius 3 is 2.65 bits per heavy atom. The second-order valence-electron chi connectivity index (χ2n) is 5.61. The van der Waals surface area contributed by atoms with Crippen LogP contribution < -0.4 is 0 Å². The van der Waals surface area contributed by atoms with E-state index in [2.05, 4.69) is 62.1 Å². The number of hydrogen-bond donors (Lipinski definition) is 0. The minimum atomic E-state index is 0.516. The molecule has 3 rings (SSSR count). The highest BCUT2D eigenvalue weighted by molar-refractivity contribution is 14.1. The molecule has 1 aliphatic heterocycles. The lowest BCUT2D eigenvalue weighted by molar-refractivity contribution is 0.153. The van der Waals surface area contributed by atoms with Crippen LogP contribution in [0.2, 0.25) is 5.15 Å². The van der Waals surface area contributed by atoms with Gasteiger partial charge in [-0.2, -0.15) is 0 Å². The predicted octanol–water partition coefficient (Wildman–Crippen LogP) is 3.73. The van der Waals surface area contributed by atoms with E-state index in [1.54, 1.807) is 6.33 Å². The normalized spacial score (nSPS) is 18.2. The van der Waals surface area contributed by atoms with Gasteiger partial charge in [0.1, 0.15) is 17.1 Å². The van der Waals surface area contributed by atoms with E-state index < -0.39 is 0 Å². The predicted molar refractivity (Wildman–Crippen MR) is 90.2 cm³/mol. The van der Waals surface area contributed by atoms with Gasteiger partial charge in [-0.25, -0.2) is 9.97 Å². The molecule has 4 nitrogen and oxygen atoms in total. The number of aromatic nitrogens is 3. The molecule has 6 heteroatoms. The summed E-state index contributed by atoms with van der Waals surface area (Å²) in [7, 11) is 0. The number of rotatable bonds is 2. The molecule has 0 radical (unpaired) electrons. The van der Waals surface area contributed by atoms with Crippen LogP contribution in [0.1, 0.15) is 32.7 Å². The Morgan fingerprint density at radius 1 is 1.30 bits per heavy atom. The van der Waals surface area contributed by atoms with Crippen molar-refractivity contribution in [1.82, 2.24) is 19.4 Å². The fraction of sp³-hybridized carbons (Fsp3) is 0.571. The molecule has 1 fully saturated rings. The van der Waals surface area contributed by atoms with Crippen molar-refractivity contribution in [2.45, 2.75) is 38.8 Å². The quantitative estimate of drug-likeness (QED) is 0.565. The van der Waals surface area contributed by atoms with Gasteiger partial charge >= 0.3 is 0 Å². The first-order valence-electron chi connectivity index (χ1n) is 6.98. The average Bonchev–Trinajstić information content (AvgIpc) is 2.77. The Labute approximate surface area is 137 Å². The highest BCUT2D eigenvalue weighted by atomic mass is 127. The van der Waals surface area contributed by atoms with Crippen LogP contribution in [0.25, 0.3) is 11.0 Å². The molecule has 2 aromatic heterocycles. The van der Waals surface area contributed by atoms with Crippen LogP contribution in [-0.2, 0) is 0 Å². The second kappa shape index (κ2) is 5.77. The van der Waals surface area contributed by atoms with E-state index >= 15 is 0 Å². The summed E-state index contributed by atoms with van der Waals surface area (Å²) < 4.78 is 3.43. The van der Waals surface area contributed by atoms with E-state index in [-0.39, 0.29) is 0 Å². The second-order valence-corrected chi connectivity index (χ2v) is 7.13. The van der Waals surface area contributed by atoms with E-state index in [9.17, 15) is 0 Å².